The van der Waals surface area contributed by atoms with Gasteiger partial charge in [-0.3, -0.25) is 5.32 Å². The van der Waals surface area contributed by atoms with Gasteiger partial charge in [-0.15, -0.1) is 0 Å². The summed E-state index contributed by atoms with van der Waals surface area (Å²) in [6.45, 7) is 2.24. The second-order valence-corrected chi connectivity index (χ2v) is 10.7. The molecule has 0 spiro atoms. The number of aryl methyl sites for hydroxylation is 1. The molecule has 0 saturated carbocycles. The summed E-state index contributed by atoms with van der Waals surface area (Å²) in [6.07, 6.45) is 1.46. The molecule has 3 heterocycles. The summed E-state index contributed by atoms with van der Waals surface area (Å²) < 4.78 is 35.2. The second kappa shape index (κ2) is 12.0. The number of aromatic nitrogens is 3. The number of ether oxygens (including phenoxy) is 1. The number of fused-ring (bicyclic) bond motifs is 1. The van der Waals surface area contributed by atoms with E-state index in [1.54, 1.807) is 12.1 Å². The number of halogens is 2. The quantitative estimate of drug-likeness (QED) is 0.233. The molecule has 0 radical (unpaired) electrons. The molecule has 42 heavy (non-hydrogen) atoms. The Morgan fingerprint density at radius 1 is 1.05 bits per heavy atom. The van der Waals surface area contributed by atoms with E-state index in [-0.39, 0.29) is 17.6 Å². The number of nitrogens with zero attached hydrogens (tertiary/aromatic N) is 4. The maximum absolute atomic E-state index is 13.8. The van der Waals surface area contributed by atoms with E-state index in [0.717, 1.165) is 5.56 Å². The van der Waals surface area contributed by atoms with Crippen LogP contribution in [-0.2, 0) is 5.41 Å². The monoisotopic (exact) mass is 578 g/mol. The Hall–Kier alpha value is -4.74. The lowest BCUT2D eigenvalue weighted by Gasteiger charge is -2.30. The number of amides is 3. The van der Waals surface area contributed by atoms with E-state index < -0.39 is 30.9 Å². The summed E-state index contributed by atoms with van der Waals surface area (Å²) in [5, 5.41) is 20.6. The molecule has 1 aliphatic heterocycles. The molecule has 5 rings (SSSR count). The van der Waals surface area contributed by atoms with Crippen LogP contribution in [0, 0.1) is 6.92 Å². The SMILES string of the molecule is Cc1ccc(-n2nc(C(C)(CF)CF)cc2NC(=O)Nc2cnc(OC3CCN(C(=O)O)CC3)c3ccccc23)cc1. The topological polar surface area (TPSA) is 122 Å². The van der Waals surface area contributed by atoms with E-state index in [2.05, 4.69) is 20.7 Å². The zero-order valence-electron chi connectivity index (χ0n) is 23.3. The summed E-state index contributed by atoms with van der Waals surface area (Å²) in [4.78, 5) is 30.2. The average molecular weight is 579 g/mol. The van der Waals surface area contributed by atoms with Crippen LogP contribution < -0.4 is 15.4 Å². The smallest absolute Gasteiger partial charge is 0.407 e. The van der Waals surface area contributed by atoms with Crippen LogP contribution in [-0.4, -0.2) is 69.4 Å². The maximum atomic E-state index is 13.8. The van der Waals surface area contributed by atoms with Crippen LogP contribution >= 0.6 is 0 Å². The molecule has 4 aromatic rings. The Morgan fingerprint density at radius 2 is 1.71 bits per heavy atom. The predicted octanol–water partition coefficient (Wildman–Crippen LogP) is 6.09. The number of hydrogen-bond donors (Lipinski definition) is 3. The van der Waals surface area contributed by atoms with Crippen molar-refractivity contribution < 1.29 is 28.2 Å². The van der Waals surface area contributed by atoms with Crippen LogP contribution in [0.4, 0.5) is 29.9 Å². The van der Waals surface area contributed by atoms with E-state index in [0.29, 0.717) is 54.0 Å². The van der Waals surface area contributed by atoms with Crippen LogP contribution in [0.25, 0.3) is 16.5 Å². The number of piperidine rings is 1. The fourth-order valence-corrected chi connectivity index (χ4v) is 4.77. The summed E-state index contributed by atoms with van der Waals surface area (Å²) in [6, 6.07) is 15.6. The molecular weight excluding hydrogens is 546 g/mol. The molecule has 1 fully saturated rings. The number of carboxylic acid groups (broad SMARTS) is 1. The highest BCUT2D eigenvalue weighted by Gasteiger charge is 2.32. The number of benzene rings is 2. The number of nitrogens with one attached hydrogen (secondary N) is 2. The highest BCUT2D eigenvalue weighted by atomic mass is 19.1. The second-order valence-electron chi connectivity index (χ2n) is 10.7. The van der Waals surface area contributed by atoms with Gasteiger partial charge in [-0.1, -0.05) is 35.9 Å². The minimum Gasteiger partial charge on any atom is -0.474 e. The number of pyridine rings is 1. The Morgan fingerprint density at radius 3 is 2.36 bits per heavy atom. The van der Waals surface area contributed by atoms with Crippen LogP contribution in [0.2, 0.25) is 0 Å². The molecule has 3 N–H and O–H groups in total. The van der Waals surface area contributed by atoms with Gasteiger partial charge in [-0.25, -0.2) is 28.0 Å². The number of carbonyl (C=O) groups excluding carboxylic acids is 1. The van der Waals surface area contributed by atoms with Gasteiger partial charge in [0.25, 0.3) is 0 Å². The van der Waals surface area contributed by atoms with E-state index in [1.807, 2.05) is 43.3 Å². The molecule has 3 amide bonds. The standard InChI is InChI=1S/C30H32F2N6O4/c1-19-7-9-20(10-8-19)38-26(15-25(36-38)30(2,17-31)18-32)35-28(39)34-24-16-33-27(23-6-4-3-5-22(23)24)42-21-11-13-37(14-12-21)29(40)41/h3-10,15-16,21H,11-14,17-18H2,1-2H3,(H,40,41)(H2,34,35,39). The van der Waals surface area contributed by atoms with Crippen molar-refractivity contribution in [3.63, 3.8) is 0 Å². The minimum atomic E-state index is -1.46. The van der Waals surface area contributed by atoms with Crippen LogP contribution in [0.15, 0.2) is 60.8 Å². The van der Waals surface area contributed by atoms with Crippen molar-refractivity contribution in [1.29, 1.82) is 0 Å². The van der Waals surface area contributed by atoms with Gasteiger partial charge in [0.2, 0.25) is 5.88 Å². The Kier molecular flexibility index (Phi) is 8.23. The lowest BCUT2D eigenvalue weighted by molar-refractivity contribution is 0.0880. The third-order valence-electron chi connectivity index (χ3n) is 7.44. The van der Waals surface area contributed by atoms with Crippen molar-refractivity contribution in [3.8, 4) is 11.6 Å². The van der Waals surface area contributed by atoms with Crippen LogP contribution in [0.3, 0.4) is 0 Å². The molecular formula is C30H32F2N6O4. The molecule has 0 aliphatic carbocycles. The Labute approximate surface area is 241 Å². The van der Waals surface area contributed by atoms with Gasteiger partial charge in [0.05, 0.1) is 28.7 Å². The summed E-state index contributed by atoms with van der Waals surface area (Å²) in [5.74, 6) is 0.633. The van der Waals surface area contributed by atoms with E-state index in [1.165, 1.54) is 28.8 Å². The number of alkyl halides is 2. The molecule has 2 aromatic heterocycles. The van der Waals surface area contributed by atoms with Gasteiger partial charge in [-0.2, -0.15) is 5.10 Å². The van der Waals surface area contributed by atoms with E-state index in [9.17, 15) is 23.5 Å². The number of urea groups is 1. The van der Waals surface area contributed by atoms with E-state index >= 15 is 0 Å². The lowest BCUT2D eigenvalue weighted by Crippen LogP contribution is -2.41. The number of anilines is 2. The Bertz CT molecular complexity index is 1580. The largest absolute Gasteiger partial charge is 0.474 e. The van der Waals surface area contributed by atoms with Crippen molar-refractivity contribution >= 4 is 34.4 Å². The first-order chi connectivity index (χ1) is 20.2. The van der Waals surface area contributed by atoms with Crippen LogP contribution in [0.5, 0.6) is 5.88 Å². The molecule has 1 saturated heterocycles. The molecule has 2 aromatic carbocycles. The fourth-order valence-electron chi connectivity index (χ4n) is 4.77. The molecule has 0 bridgehead atoms. The van der Waals surface area contributed by atoms with Crippen molar-refractivity contribution in [2.45, 2.75) is 38.2 Å². The third-order valence-corrected chi connectivity index (χ3v) is 7.44. The summed E-state index contributed by atoms with van der Waals surface area (Å²) in [7, 11) is 0. The first-order valence-corrected chi connectivity index (χ1v) is 13.6. The van der Waals surface area contributed by atoms with Gasteiger partial charge >= 0.3 is 12.1 Å². The minimum absolute atomic E-state index is 0.172. The summed E-state index contributed by atoms with van der Waals surface area (Å²) >= 11 is 0. The van der Waals surface area contributed by atoms with Crippen molar-refractivity contribution in [1.82, 2.24) is 19.7 Å². The molecule has 0 atom stereocenters. The van der Waals surface area contributed by atoms with Gasteiger partial charge in [0.15, 0.2) is 0 Å². The molecule has 1 aliphatic rings. The average Bonchev–Trinajstić information content (AvgIpc) is 3.42. The van der Waals surface area contributed by atoms with Gasteiger partial charge < -0.3 is 20.1 Å². The van der Waals surface area contributed by atoms with E-state index in [4.69, 9.17) is 4.74 Å². The van der Waals surface area contributed by atoms with Gasteiger partial charge in [-0.05, 0) is 32.0 Å². The number of rotatable bonds is 8. The van der Waals surface area contributed by atoms with Crippen molar-refractivity contribution in [2.75, 3.05) is 37.1 Å². The van der Waals surface area contributed by atoms with Gasteiger partial charge in [0, 0.05) is 42.8 Å². The fraction of sp³-hybridized carbons (Fsp3) is 0.333. The molecule has 0 unspecified atom stereocenters. The molecule has 12 heteroatoms. The first-order valence-electron chi connectivity index (χ1n) is 13.6. The lowest BCUT2D eigenvalue weighted by atomic mass is 9.90. The number of hydrogen-bond acceptors (Lipinski definition) is 5. The van der Waals surface area contributed by atoms with Crippen LogP contribution in [0.1, 0.15) is 31.0 Å². The summed E-state index contributed by atoms with van der Waals surface area (Å²) in [5.41, 5.74) is 0.780. The third kappa shape index (κ3) is 5.97. The first kappa shape index (κ1) is 28.8. The van der Waals surface area contributed by atoms with Crippen molar-refractivity contribution in [3.05, 3.63) is 72.1 Å². The number of carbonyl (C=O) groups is 2. The normalized spacial score (nSPS) is 14.1. The van der Waals surface area contributed by atoms with Crippen molar-refractivity contribution in [2.24, 2.45) is 0 Å². The van der Waals surface area contributed by atoms with Gasteiger partial charge in [0.1, 0.15) is 25.3 Å². The molecule has 220 valence electrons. The Balaban J connectivity index is 1.38. The molecule has 10 nitrogen and oxygen atoms in total. The highest BCUT2D eigenvalue weighted by molar-refractivity contribution is 6.06. The zero-order chi connectivity index (χ0) is 29.9. The predicted molar refractivity (Wildman–Crippen MR) is 155 cm³/mol. The maximum Gasteiger partial charge on any atom is 0.407 e. The zero-order valence-corrected chi connectivity index (χ0v) is 23.3. The highest BCUT2D eigenvalue weighted by Crippen LogP contribution is 2.32. The number of likely N-dealkylation sites (tertiary alicyclic amines) is 1.